The van der Waals surface area contributed by atoms with Crippen LogP contribution in [-0.4, -0.2) is 31.8 Å². The topological polar surface area (TPSA) is 72.5 Å². The third kappa shape index (κ3) is 2.89. The molecule has 0 bridgehead atoms. The van der Waals surface area contributed by atoms with Crippen LogP contribution in [-0.2, 0) is 6.42 Å². The van der Waals surface area contributed by atoms with Gasteiger partial charge in [0.2, 0.25) is 0 Å². The van der Waals surface area contributed by atoms with Crippen molar-refractivity contribution in [3.8, 4) is 22.9 Å². The molecule has 0 fully saturated rings. The number of ether oxygens (including phenoxy) is 1. The maximum Gasteiger partial charge on any atom is 0.318 e. The van der Waals surface area contributed by atoms with Gasteiger partial charge in [-0.2, -0.15) is 14.6 Å². The van der Waals surface area contributed by atoms with Crippen LogP contribution in [0.1, 0.15) is 11.1 Å². The molecule has 0 aliphatic rings. The molecule has 2 heterocycles. The van der Waals surface area contributed by atoms with E-state index in [1.807, 2.05) is 24.3 Å². The maximum atomic E-state index is 9.72. The van der Waals surface area contributed by atoms with E-state index in [0.29, 0.717) is 5.65 Å². The summed E-state index contributed by atoms with van der Waals surface area (Å²) in [6.45, 7) is 0. The first-order valence-electron chi connectivity index (χ1n) is 7.84. The summed E-state index contributed by atoms with van der Waals surface area (Å²) >= 11 is 0. The Kier molecular flexibility index (Phi) is 3.78. The smallest absolute Gasteiger partial charge is 0.318 e. The number of fused-ring (bicyclic) bond motifs is 1. The van der Waals surface area contributed by atoms with E-state index in [-0.39, 0.29) is 6.01 Å². The van der Waals surface area contributed by atoms with E-state index < -0.39 is 0 Å². The van der Waals surface area contributed by atoms with Crippen LogP contribution in [0.4, 0.5) is 0 Å². The molecular weight excluding hydrogens is 316 g/mol. The maximum absolute atomic E-state index is 9.72. The number of nitrogens with zero attached hydrogens (tertiary/aromatic N) is 4. The summed E-state index contributed by atoms with van der Waals surface area (Å²) < 4.78 is 6.50. The summed E-state index contributed by atoms with van der Waals surface area (Å²) in [5, 5.41) is 13.8. The quantitative estimate of drug-likeness (QED) is 0.622. The average Bonchev–Trinajstić information content (AvgIpc) is 3.09. The monoisotopic (exact) mass is 332 g/mol. The van der Waals surface area contributed by atoms with Crippen LogP contribution >= 0.6 is 0 Å². The number of hydrogen-bond donors (Lipinski definition) is 1. The third-order valence-electron chi connectivity index (χ3n) is 4.12. The Morgan fingerprint density at radius 3 is 2.32 bits per heavy atom. The molecular formula is C19H16N4O2. The predicted molar refractivity (Wildman–Crippen MR) is 93.7 cm³/mol. The number of aromatic nitrogens is 4. The average molecular weight is 332 g/mol. The fourth-order valence-electron chi connectivity index (χ4n) is 2.79. The molecule has 6 nitrogen and oxygen atoms in total. The molecule has 0 unspecified atom stereocenters. The minimum Gasteiger partial charge on any atom is -0.497 e. The predicted octanol–water partition coefficient (Wildman–Crippen LogP) is 3.10. The van der Waals surface area contributed by atoms with Crippen molar-refractivity contribution >= 4 is 5.65 Å². The molecule has 0 radical (unpaired) electrons. The Hall–Kier alpha value is -3.41. The van der Waals surface area contributed by atoms with Crippen LogP contribution in [0, 0.1) is 0 Å². The van der Waals surface area contributed by atoms with Crippen molar-refractivity contribution in [2.45, 2.75) is 6.42 Å². The van der Waals surface area contributed by atoms with Crippen molar-refractivity contribution in [1.29, 1.82) is 0 Å². The Balaban J connectivity index is 1.59. The van der Waals surface area contributed by atoms with E-state index >= 15 is 0 Å². The lowest BCUT2D eigenvalue weighted by Crippen LogP contribution is -1.93. The SMILES string of the molecule is COc1ccc(Cc2ccc(-c3cnn4c(O)ncnc34)cc2)cc1. The van der Waals surface area contributed by atoms with Gasteiger partial charge in [-0.3, -0.25) is 0 Å². The second-order valence-corrected chi connectivity index (χ2v) is 5.69. The molecule has 0 aliphatic carbocycles. The van der Waals surface area contributed by atoms with Gasteiger partial charge in [0.05, 0.1) is 13.3 Å². The van der Waals surface area contributed by atoms with Crippen LogP contribution in [0.25, 0.3) is 16.8 Å². The van der Waals surface area contributed by atoms with Crippen molar-refractivity contribution in [2.24, 2.45) is 0 Å². The van der Waals surface area contributed by atoms with E-state index in [2.05, 4.69) is 39.3 Å². The number of methoxy groups -OCH3 is 1. The Labute approximate surface area is 144 Å². The number of benzene rings is 2. The Morgan fingerprint density at radius 1 is 0.960 bits per heavy atom. The normalized spacial score (nSPS) is 10.9. The largest absolute Gasteiger partial charge is 0.497 e. The summed E-state index contributed by atoms with van der Waals surface area (Å²) in [4.78, 5) is 7.93. The van der Waals surface area contributed by atoms with E-state index in [1.54, 1.807) is 13.3 Å². The summed E-state index contributed by atoms with van der Waals surface area (Å²) in [5.41, 5.74) is 4.86. The molecule has 0 aliphatic heterocycles. The molecule has 4 aromatic rings. The highest BCUT2D eigenvalue weighted by Crippen LogP contribution is 2.25. The molecule has 4 rings (SSSR count). The van der Waals surface area contributed by atoms with Crippen LogP contribution in [0.2, 0.25) is 0 Å². The number of hydrogen-bond acceptors (Lipinski definition) is 5. The van der Waals surface area contributed by atoms with E-state index in [1.165, 1.54) is 22.0 Å². The van der Waals surface area contributed by atoms with Gasteiger partial charge < -0.3 is 9.84 Å². The summed E-state index contributed by atoms with van der Waals surface area (Å²) in [5.74, 6) is 0.859. The lowest BCUT2D eigenvalue weighted by molar-refractivity contribution is 0.411. The lowest BCUT2D eigenvalue weighted by atomic mass is 10.0. The van der Waals surface area contributed by atoms with Crippen molar-refractivity contribution in [2.75, 3.05) is 7.11 Å². The van der Waals surface area contributed by atoms with Crippen molar-refractivity contribution < 1.29 is 9.84 Å². The van der Waals surface area contributed by atoms with Crippen LogP contribution in [0.5, 0.6) is 11.8 Å². The minimum absolute atomic E-state index is 0.174. The van der Waals surface area contributed by atoms with Crippen LogP contribution in [0.3, 0.4) is 0 Å². The zero-order valence-electron chi connectivity index (χ0n) is 13.6. The van der Waals surface area contributed by atoms with Gasteiger partial charge in [-0.15, -0.1) is 0 Å². The zero-order valence-corrected chi connectivity index (χ0v) is 13.6. The van der Waals surface area contributed by atoms with Gasteiger partial charge in [-0.05, 0) is 35.2 Å². The minimum atomic E-state index is -0.174. The fourth-order valence-corrected chi connectivity index (χ4v) is 2.79. The number of aromatic hydroxyl groups is 1. The molecule has 1 N–H and O–H groups in total. The standard InChI is InChI=1S/C19H16N4O2/c1-25-16-8-4-14(5-9-16)10-13-2-6-15(7-3-13)17-11-22-23-18(17)20-12-21-19(23)24/h2-9,11-12H,10H2,1H3,(H,20,21,24). The second-order valence-electron chi connectivity index (χ2n) is 5.69. The Morgan fingerprint density at radius 2 is 1.64 bits per heavy atom. The molecule has 25 heavy (non-hydrogen) atoms. The molecule has 124 valence electrons. The van der Waals surface area contributed by atoms with E-state index in [9.17, 15) is 5.11 Å². The zero-order chi connectivity index (χ0) is 17.2. The van der Waals surface area contributed by atoms with Gasteiger partial charge in [0.15, 0.2) is 5.65 Å². The molecule has 2 aromatic carbocycles. The third-order valence-corrected chi connectivity index (χ3v) is 4.12. The molecule has 0 atom stereocenters. The van der Waals surface area contributed by atoms with Gasteiger partial charge in [0.25, 0.3) is 0 Å². The van der Waals surface area contributed by atoms with E-state index in [4.69, 9.17) is 4.74 Å². The van der Waals surface area contributed by atoms with Crippen LogP contribution in [0.15, 0.2) is 61.1 Å². The highest BCUT2D eigenvalue weighted by atomic mass is 16.5. The summed E-state index contributed by atoms with van der Waals surface area (Å²) in [6.07, 6.45) is 3.86. The lowest BCUT2D eigenvalue weighted by Gasteiger charge is -2.05. The van der Waals surface area contributed by atoms with Gasteiger partial charge in [0, 0.05) is 5.56 Å². The summed E-state index contributed by atoms with van der Waals surface area (Å²) in [6, 6.07) is 16.1. The first kappa shape index (κ1) is 15.1. The molecule has 0 saturated carbocycles. The van der Waals surface area contributed by atoms with Crippen molar-refractivity contribution in [3.63, 3.8) is 0 Å². The van der Waals surface area contributed by atoms with Gasteiger partial charge >= 0.3 is 6.01 Å². The highest BCUT2D eigenvalue weighted by Gasteiger charge is 2.10. The van der Waals surface area contributed by atoms with Gasteiger partial charge in [-0.25, -0.2) is 4.98 Å². The first-order valence-corrected chi connectivity index (χ1v) is 7.84. The fraction of sp³-hybridized carbons (Fsp3) is 0.105. The van der Waals surface area contributed by atoms with Gasteiger partial charge in [0.1, 0.15) is 12.1 Å². The summed E-state index contributed by atoms with van der Waals surface area (Å²) in [7, 11) is 1.67. The first-order chi connectivity index (χ1) is 12.2. The molecule has 0 spiro atoms. The molecule has 0 amide bonds. The molecule has 0 saturated heterocycles. The van der Waals surface area contributed by atoms with E-state index in [0.717, 1.165) is 23.3 Å². The molecule has 2 aromatic heterocycles. The van der Waals surface area contributed by atoms with Crippen molar-refractivity contribution in [3.05, 3.63) is 72.2 Å². The highest BCUT2D eigenvalue weighted by molar-refractivity contribution is 5.77. The van der Waals surface area contributed by atoms with Gasteiger partial charge in [-0.1, -0.05) is 36.4 Å². The Bertz CT molecular complexity index is 1010. The number of rotatable bonds is 4. The van der Waals surface area contributed by atoms with Crippen LogP contribution < -0.4 is 4.74 Å². The second kappa shape index (κ2) is 6.24. The molecule has 6 heteroatoms. The van der Waals surface area contributed by atoms with Crippen molar-refractivity contribution in [1.82, 2.24) is 19.6 Å².